The number of nitrogens with one attached hydrogen (secondary N) is 1. The molecule has 7 heteroatoms. The van der Waals surface area contributed by atoms with Crippen LogP contribution in [0.2, 0.25) is 0 Å². The fraction of sp³-hybridized carbons (Fsp3) is 0.682. The lowest BCUT2D eigenvalue weighted by Gasteiger charge is -2.22. The zero-order chi connectivity index (χ0) is 20.0. The molecule has 0 aromatic heterocycles. The number of likely N-dealkylation sites (tertiary alicyclic amines) is 1. The highest BCUT2D eigenvalue weighted by Crippen LogP contribution is 2.17. The molecule has 2 atom stereocenters. The molecule has 0 saturated carbocycles. The Balaban J connectivity index is 0.00000420. The third-order valence-corrected chi connectivity index (χ3v) is 4.91. The first-order valence-corrected chi connectivity index (χ1v) is 10.5. The highest BCUT2D eigenvalue weighted by atomic mass is 127. The Hall–Kier alpha value is -0.900. The molecule has 1 aromatic rings. The van der Waals surface area contributed by atoms with Crippen LogP contribution >= 0.6 is 24.0 Å². The molecule has 1 heterocycles. The molecule has 1 fully saturated rings. The van der Waals surface area contributed by atoms with Crippen molar-refractivity contribution in [2.75, 3.05) is 59.7 Å². The van der Waals surface area contributed by atoms with Crippen molar-refractivity contribution in [1.82, 2.24) is 10.2 Å². The summed E-state index contributed by atoms with van der Waals surface area (Å²) in [5.74, 6) is 1.58. The largest absolute Gasteiger partial charge is 0.382 e. The van der Waals surface area contributed by atoms with Gasteiger partial charge < -0.3 is 24.4 Å². The third kappa shape index (κ3) is 10.1. The summed E-state index contributed by atoms with van der Waals surface area (Å²) in [5, 5.41) is 3.42. The van der Waals surface area contributed by atoms with Gasteiger partial charge in [-0.25, -0.2) is 0 Å². The third-order valence-electron chi connectivity index (χ3n) is 4.91. The van der Waals surface area contributed by atoms with Crippen molar-refractivity contribution in [2.45, 2.75) is 32.8 Å². The molecule has 1 N–H and O–H groups in total. The quantitative estimate of drug-likeness (QED) is 0.198. The van der Waals surface area contributed by atoms with Crippen LogP contribution in [0.25, 0.3) is 0 Å². The van der Waals surface area contributed by atoms with Gasteiger partial charge in [0.25, 0.3) is 0 Å². The summed E-state index contributed by atoms with van der Waals surface area (Å²) in [6.07, 6.45) is 2.19. The van der Waals surface area contributed by atoms with Crippen LogP contribution in [0.4, 0.5) is 0 Å². The molecular weight excluding hydrogens is 481 g/mol. The second-order valence-corrected chi connectivity index (χ2v) is 7.18. The molecule has 1 saturated heterocycles. The Morgan fingerprint density at radius 2 is 2.03 bits per heavy atom. The topological polar surface area (TPSA) is 55.3 Å². The fourth-order valence-corrected chi connectivity index (χ4v) is 3.31. The average molecular weight is 519 g/mol. The summed E-state index contributed by atoms with van der Waals surface area (Å²) < 4.78 is 16.7. The number of ether oxygens (including phenoxy) is 3. The SMILES string of the molecule is CCNC(=NCCCOC(C)c1ccccc1)N1CCC(COCCOC)C1.I. The second kappa shape index (κ2) is 15.9. The van der Waals surface area contributed by atoms with Gasteiger partial charge in [0, 0.05) is 45.8 Å². The Kier molecular flexibility index (Phi) is 14.3. The molecule has 0 aliphatic carbocycles. The molecule has 0 spiro atoms. The maximum absolute atomic E-state index is 5.95. The molecule has 2 unspecified atom stereocenters. The number of methoxy groups -OCH3 is 1. The van der Waals surface area contributed by atoms with Gasteiger partial charge in [-0.15, -0.1) is 24.0 Å². The van der Waals surface area contributed by atoms with Crippen LogP contribution in [-0.4, -0.2) is 70.6 Å². The highest BCUT2D eigenvalue weighted by Gasteiger charge is 2.24. The summed E-state index contributed by atoms with van der Waals surface area (Å²) in [6, 6.07) is 10.3. The smallest absolute Gasteiger partial charge is 0.193 e. The van der Waals surface area contributed by atoms with Crippen molar-refractivity contribution in [2.24, 2.45) is 10.9 Å². The number of guanidine groups is 1. The first-order valence-electron chi connectivity index (χ1n) is 10.5. The minimum Gasteiger partial charge on any atom is -0.382 e. The molecule has 0 radical (unpaired) electrons. The maximum atomic E-state index is 5.95. The zero-order valence-corrected chi connectivity index (χ0v) is 20.5. The van der Waals surface area contributed by atoms with E-state index < -0.39 is 0 Å². The van der Waals surface area contributed by atoms with Crippen molar-refractivity contribution in [3.05, 3.63) is 35.9 Å². The van der Waals surface area contributed by atoms with E-state index in [2.05, 4.69) is 36.2 Å². The number of halogens is 1. The monoisotopic (exact) mass is 519 g/mol. The van der Waals surface area contributed by atoms with Gasteiger partial charge in [-0.1, -0.05) is 30.3 Å². The number of rotatable bonds is 12. The van der Waals surface area contributed by atoms with E-state index in [9.17, 15) is 0 Å². The van der Waals surface area contributed by atoms with E-state index in [-0.39, 0.29) is 30.1 Å². The Bertz CT molecular complexity index is 559. The summed E-state index contributed by atoms with van der Waals surface area (Å²) in [6.45, 7) is 10.7. The van der Waals surface area contributed by atoms with Gasteiger partial charge >= 0.3 is 0 Å². The van der Waals surface area contributed by atoms with Crippen LogP contribution in [0.5, 0.6) is 0 Å². The number of hydrogen-bond donors (Lipinski definition) is 1. The van der Waals surface area contributed by atoms with E-state index >= 15 is 0 Å². The van der Waals surface area contributed by atoms with Crippen molar-refractivity contribution in [3.8, 4) is 0 Å². The van der Waals surface area contributed by atoms with Gasteiger partial charge in [-0.05, 0) is 32.3 Å². The summed E-state index contributed by atoms with van der Waals surface area (Å²) in [5.41, 5.74) is 1.22. The lowest BCUT2D eigenvalue weighted by molar-refractivity contribution is 0.0536. The Labute approximate surface area is 193 Å². The van der Waals surface area contributed by atoms with Crippen molar-refractivity contribution in [3.63, 3.8) is 0 Å². The molecule has 6 nitrogen and oxygen atoms in total. The number of aliphatic imine (C=N–C) groups is 1. The van der Waals surface area contributed by atoms with Crippen molar-refractivity contribution < 1.29 is 14.2 Å². The lowest BCUT2D eigenvalue weighted by atomic mass is 10.1. The van der Waals surface area contributed by atoms with Crippen LogP contribution in [0.15, 0.2) is 35.3 Å². The van der Waals surface area contributed by atoms with Crippen LogP contribution in [-0.2, 0) is 14.2 Å². The van der Waals surface area contributed by atoms with Crippen LogP contribution in [0.3, 0.4) is 0 Å². The Morgan fingerprint density at radius 3 is 2.76 bits per heavy atom. The van der Waals surface area contributed by atoms with Gasteiger partial charge in [0.15, 0.2) is 5.96 Å². The van der Waals surface area contributed by atoms with E-state index in [1.165, 1.54) is 5.56 Å². The predicted octanol–water partition coefficient (Wildman–Crippen LogP) is 3.72. The molecule has 0 amide bonds. The van der Waals surface area contributed by atoms with E-state index in [0.29, 0.717) is 19.1 Å². The van der Waals surface area contributed by atoms with E-state index in [1.807, 2.05) is 18.2 Å². The molecule has 0 bridgehead atoms. The van der Waals surface area contributed by atoms with Crippen LogP contribution in [0.1, 0.15) is 38.4 Å². The Morgan fingerprint density at radius 1 is 1.24 bits per heavy atom. The lowest BCUT2D eigenvalue weighted by Crippen LogP contribution is -2.40. The number of hydrogen-bond acceptors (Lipinski definition) is 4. The van der Waals surface area contributed by atoms with Gasteiger partial charge in [0.05, 0.1) is 25.9 Å². The first-order chi connectivity index (χ1) is 13.7. The summed E-state index contributed by atoms with van der Waals surface area (Å²) in [7, 11) is 1.70. The molecule has 29 heavy (non-hydrogen) atoms. The van der Waals surface area contributed by atoms with Gasteiger partial charge in [0.1, 0.15) is 0 Å². The normalized spacial score (nSPS) is 17.8. The summed E-state index contributed by atoms with van der Waals surface area (Å²) in [4.78, 5) is 7.15. The molecule has 1 aliphatic rings. The second-order valence-electron chi connectivity index (χ2n) is 7.18. The fourth-order valence-electron chi connectivity index (χ4n) is 3.31. The van der Waals surface area contributed by atoms with E-state index in [4.69, 9.17) is 19.2 Å². The molecule has 2 rings (SSSR count). The van der Waals surface area contributed by atoms with Gasteiger partial charge in [0.2, 0.25) is 0 Å². The summed E-state index contributed by atoms with van der Waals surface area (Å²) >= 11 is 0. The molecule has 166 valence electrons. The number of nitrogens with zero attached hydrogens (tertiary/aromatic N) is 2. The van der Waals surface area contributed by atoms with Crippen molar-refractivity contribution >= 4 is 29.9 Å². The molecular formula is C22H38IN3O3. The predicted molar refractivity (Wildman–Crippen MR) is 129 cm³/mol. The van der Waals surface area contributed by atoms with E-state index in [1.54, 1.807) is 7.11 Å². The first kappa shape index (κ1) is 26.1. The van der Waals surface area contributed by atoms with Crippen LogP contribution in [0, 0.1) is 5.92 Å². The van der Waals surface area contributed by atoms with E-state index in [0.717, 1.165) is 58.2 Å². The average Bonchev–Trinajstić information content (AvgIpc) is 3.19. The zero-order valence-electron chi connectivity index (χ0n) is 18.1. The standard InChI is InChI=1S/C22H37N3O3.HI/c1-4-23-22(25-13-11-20(17-25)18-27-16-15-26-3)24-12-8-14-28-19(2)21-9-6-5-7-10-21;/h5-7,9-10,19-20H,4,8,11-18H2,1-3H3,(H,23,24);1H. The highest BCUT2D eigenvalue weighted by molar-refractivity contribution is 14.0. The maximum Gasteiger partial charge on any atom is 0.193 e. The molecule has 1 aromatic carbocycles. The van der Waals surface area contributed by atoms with Crippen molar-refractivity contribution in [1.29, 1.82) is 0 Å². The van der Waals surface area contributed by atoms with Gasteiger partial charge in [-0.2, -0.15) is 0 Å². The minimum atomic E-state index is 0. The van der Waals surface area contributed by atoms with Crippen LogP contribution < -0.4 is 5.32 Å². The molecule has 1 aliphatic heterocycles. The number of benzene rings is 1. The minimum absolute atomic E-state index is 0. The van der Waals surface area contributed by atoms with Gasteiger partial charge in [-0.3, -0.25) is 4.99 Å².